The fourth-order valence-electron chi connectivity index (χ4n) is 2.48. The molecule has 8 heteroatoms. The monoisotopic (exact) mass is 414 g/mol. The Hall–Kier alpha value is -3.31. The molecule has 0 atom stereocenters. The molecule has 0 spiro atoms. The van der Waals surface area contributed by atoms with Crippen molar-refractivity contribution in [3.8, 4) is 23.0 Å². The van der Waals surface area contributed by atoms with E-state index in [2.05, 4.69) is 0 Å². The summed E-state index contributed by atoms with van der Waals surface area (Å²) in [6.07, 6.45) is 2.97. The Bertz CT molecular complexity index is 980. The van der Waals surface area contributed by atoms with Gasteiger partial charge in [0, 0.05) is 6.07 Å². The molecule has 0 radical (unpaired) electrons. The van der Waals surface area contributed by atoms with E-state index in [0.29, 0.717) is 28.6 Å². The van der Waals surface area contributed by atoms with E-state index in [4.69, 9.17) is 18.5 Å². The first-order valence-electron chi connectivity index (χ1n) is 8.74. The third-order valence-electron chi connectivity index (χ3n) is 4.04. The Balaban J connectivity index is 1.99. The molecular weight excluding hydrogens is 393 g/mol. The van der Waals surface area contributed by atoms with Crippen molar-refractivity contribution in [3.05, 3.63) is 78.6 Å². The average molecular weight is 414 g/mol. The number of nitrogens with zero attached hydrogens (tertiary/aromatic N) is 1. The van der Waals surface area contributed by atoms with Gasteiger partial charge >= 0.3 is 7.75 Å². The SMILES string of the molecule is COc1ccc(OP(=O)(Oc2ccc(OC)cc2)[n+]2cccc(C(C)=O)c2)cc1. The van der Waals surface area contributed by atoms with E-state index in [1.165, 1.54) is 23.7 Å². The second-order valence-electron chi connectivity index (χ2n) is 6.03. The Labute approximate surface area is 169 Å². The fourth-order valence-corrected chi connectivity index (χ4v) is 3.98. The largest absolute Gasteiger partial charge is 0.728 e. The highest BCUT2D eigenvalue weighted by atomic mass is 31.2. The lowest BCUT2D eigenvalue weighted by molar-refractivity contribution is -0.536. The summed E-state index contributed by atoms with van der Waals surface area (Å²) < 4.78 is 36.9. The zero-order valence-electron chi connectivity index (χ0n) is 16.3. The van der Waals surface area contributed by atoms with E-state index in [0.717, 1.165) is 0 Å². The maximum Gasteiger partial charge on any atom is 0.728 e. The first-order chi connectivity index (χ1) is 13.9. The lowest BCUT2D eigenvalue weighted by atomic mass is 10.2. The van der Waals surface area contributed by atoms with E-state index < -0.39 is 7.75 Å². The summed E-state index contributed by atoms with van der Waals surface area (Å²) in [4.78, 5) is 11.8. The van der Waals surface area contributed by atoms with Crippen LogP contribution in [0.3, 0.4) is 0 Å². The van der Waals surface area contributed by atoms with Crippen molar-refractivity contribution in [1.29, 1.82) is 0 Å². The highest BCUT2D eigenvalue weighted by Gasteiger charge is 2.42. The Morgan fingerprint density at radius 1 is 0.793 bits per heavy atom. The molecule has 3 aromatic rings. The van der Waals surface area contributed by atoms with E-state index in [-0.39, 0.29) is 5.78 Å². The molecule has 0 aliphatic rings. The predicted molar refractivity (Wildman–Crippen MR) is 107 cm³/mol. The number of Topliss-reactive ketones (excluding diaryl/α,β-unsaturated/α-hetero) is 1. The predicted octanol–water partition coefficient (Wildman–Crippen LogP) is 4.31. The number of hydrogen-bond acceptors (Lipinski definition) is 6. The summed E-state index contributed by atoms with van der Waals surface area (Å²) in [6.45, 7) is 1.43. The van der Waals surface area contributed by atoms with Crippen LogP contribution in [0, 0.1) is 0 Å². The summed E-state index contributed by atoms with van der Waals surface area (Å²) in [7, 11) is -0.842. The molecule has 0 bridgehead atoms. The molecule has 1 aromatic heterocycles. The van der Waals surface area contributed by atoms with Crippen molar-refractivity contribution in [3.63, 3.8) is 0 Å². The molecule has 0 aliphatic carbocycles. The molecule has 3 rings (SSSR count). The number of benzene rings is 2. The van der Waals surface area contributed by atoms with Gasteiger partial charge in [0.15, 0.2) is 18.2 Å². The normalized spacial score (nSPS) is 10.9. The molecule has 0 aliphatic heterocycles. The third-order valence-corrected chi connectivity index (χ3v) is 5.73. The lowest BCUT2D eigenvalue weighted by Gasteiger charge is -2.14. The van der Waals surface area contributed by atoms with Crippen LogP contribution >= 0.6 is 7.75 Å². The highest BCUT2D eigenvalue weighted by Crippen LogP contribution is 2.44. The van der Waals surface area contributed by atoms with Gasteiger partial charge in [0.05, 0.1) is 19.8 Å². The minimum Gasteiger partial charge on any atom is -0.497 e. The molecule has 0 unspecified atom stereocenters. The molecule has 0 saturated heterocycles. The first-order valence-corrected chi connectivity index (χ1v) is 10.2. The van der Waals surface area contributed by atoms with Crippen LogP contribution in [0.15, 0.2) is 73.1 Å². The highest BCUT2D eigenvalue weighted by molar-refractivity contribution is 7.47. The number of ether oxygens (including phenoxy) is 2. The van der Waals surface area contributed by atoms with Crippen LogP contribution in [-0.4, -0.2) is 20.0 Å². The van der Waals surface area contributed by atoms with E-state index in [9.17, 15) is 9.36 Å². The average Bonchev–Trinajstić information content (AvgIpc) is 2.75. The molecule has 0 N–H and O–H groups in total. The minimum atomic E-state index is -3.95. The Morgan fingerprint density at radius 3 is 1.66 bits per heavy atom. The summed E-state index contributed by atoms with van der Waals surface area (Å²) >= 11 is 0. The third kappa shape index (κ3) is 4.95. The molecule has 0 amide bonds. The van der Waals surface area contributed by atoms with Crippen molar-refractivity contribution in [2.24, 2.45) is 0 Å². The standard InChI is InChI=1S/C21H21NO6P/c1-16(23)17-5-4-14-22(15-17)29(24,27-20-10-6-18(25-2)7-11-20)28-21-12-8-19(26-3)9-13-21/h4-15H,1-3H3/q+1. The van der Waals surface area contributed by atoms with Crippen LogP contribution in [0.1, 0.15) is 17.3 Å². The molecule has 0 saturated carbocycles. The van der Waals surface area contributed by atoms with Gasteiger partial charge in [-0.3, -0.25) is 4.79 Å². The van der Waals surface area contributed by atoms with Crippen LogP contribution in [-0.2, 0) is 4.57 Å². The molecule has 150 valence electrons. The summed E-state index contributed by atoms with van der Waals surface area (Å²) in [5.41, 5.74) is 0.379. The van der Waals surface area contributed by atoms with Crippen LogP contribution in [0.25, 0.3) is 0 Å². The lowest BCUT2D eigenvalue weighted by Crippen LogP contribution is -2.36. The molecule has 1 heterocycles. The molecule has 2 aromatic carbocycles. The second-order valence-corrected chi connectivity index (χ2v) is 7.80. The number of hydrogen-bond donors (Lipinski definition) is 0. The van der Waals surface area contributed by atoms with E-state index in [1.54, 1.807) is 74.9 Å². The number of carbonyl (C=O) groups excluding carboxylic acids is 1. The van der Waals surface area contributed by atoms with Crippen LogP contribution in [0.2, 0.25) is 0 Å². The number of carbonyl (C=O) groups is 1. The molecular formula is C21H21NO6P+. The van der Waals surface area contributed by atoms with Gasteiger partial charge in [-0.1, -0.05) is 4.34 Å². The number of pyridine rings is 1. The van der Waals surface area contributed by atoms with Crippen molar-refractivity contribution >= 4 is 13.5 Å². The quantitative estimate of drug-likeness (QED) is 0.404. The molecule has 29 heavy (non-hydrogen) atoms. The van der Waals surface area contributed by atoms with Crippen LogP contribution in [0.5, 0.6) is 23.0 Å². The zero-order valence-corrected chi connectivity index (χ0v) is 17.2. The zero-order chi connectivity index (χ0) is 20.9. The van der Waals surface area contributed by atoms with E-state index in [1.807, 2.05) is 0 Å². The number of rotatable bonds is 8. The van der Waals surface area contributed by atoms with Gasteiger partial charge < -0.3 is 18.5 Å². The fraction of sp³-hybridized carbons (Fsp3) is 0.143. The summed E-state index contributed by atoms with van der Waals surface area (Å²) in [6, 6.07) is 16.5. The van der Waals surface area contributed by atoms with E-state index >= 15 is 0 Å². The van der Waals surface area contributed by atoms with Gasteiger partial charge in [-0.25, -0.2) is 0 Å². The summed E-state index contributed by atoms with van der Waals surface area (Å²) in [5.74, 6) is 1.75. The number of aromatic nitrogens is 1. The van der Waals surface area contributed by atoms with Crippen LogP contribution in [0.4, 0.5) is 0 Å². The van der Waals surface area contributed by atoms with Crippen molar-refractivity contribution < 1.29 is 32.2 Å². The smallest absolute Gasteiger partial charge is 0.497 e. The van der Waals surface area contributed by atoms with Gasteiger partial charge in [0.2, 0.25) is 0 Å². The molecule has 7 nitrogen and oxygen atoms in total. The van der Waals surface area contributed by atoms with Gasteiger partial charge in [-0.05, 0) is 61.5 Å². The maximum atomic E-state index is 13.8. The first kappa shape index (κ1) is 20.4. The minimum absolute atomic E-state index is 0.167. The van der Waals surface area contributed by atoms with Gasteiger partial charge in [0.1, 0.15) is 23.0 Å². The summed E-state index contributed by atoms with van der Waals surface area (Å²) in [5, 5.41) is 0. The molecule has 0 fully saturated rings. The van der Waals surface area contributed by atoms with Gasteiger partial charge in [0.25, 0.3) is 0 Å². The number of ketones is 1. The Morgan fingerprint density at radius 2 is 1.24 bits per heavy atom. The van der Waals surface area contributed by atoms with Crippen molar-refractivity contribution in [1.82, 2.24) is 0 Å². The Kier molecular flexibility index (Phi) is 6.20. The number of methoxy groups -OCH3 is 2. The topological polar surface area (TPSA) is 74.9 Å². The van der Waals surface area contributed by atoms with Crippen molar-refractivity contribution in [2.75, 3.05) is 14.2 Å². The van der Waals surface area contributed by atoms with Crippen molar-refractivity contribution in [2.45, 2.75) is 6.92 Å². The maximum absolute atomic E-state index is 13.8. The second kappa shape index (κ2) is 8.80. The van der Waals surface area contributed by atoms with Crippen LogP contribution < -0.4 is 22.9 Å². The van der Waals surface area contributed by atoms with Gasteiger partial charge in [-0.2, -0.15) is 4.57 Å². The van der Waals surface area contributed by atoms with Gasteiger partial charge in [-0.15, -0.1) is 0 Å².